The highest BCUT2D eigenvalue weighted by Gasteiger charge is 2.22. The average Bonchev–Trinajstić information content (AvgIpc) is 0.767. The second kappa shape index (κ2) is 25.9. The predicted octanol–water partition coefficient (Wildman–Crippen LogP) is 21.1. The van der Waals surface area contributed by atoms with Gasteiger partial charge in [-0.25, -0.2) is 0 Å². The van der Waals surface area contributed by atoms with Crippen molar-refractivity contribution in [3.8, 4) is 68.2 Å². The van der Waals surface area contributed by atoms with Gasteiger partial charge in [-0.05, 0) is 147 Å². The van der Waals surface area contributed by atoms with Crippen molar-refractivity contribution in [2.75, 3.05) is 0 Å². The van der Waals surface area contributed by atoms with E-state index in [1.165, 1.54) is 0 Å². The summed E-state index contributed by atoms with van der Waals surface area (Å²) in [6.07, 6.45) is 4.14. The van der Waals surface area contributed by atoms with Gasteiger partial charge in [-0.2, -0.15) is 0 Å². The summed E-state index contributed by atoms with van der Waals surface area (Å²) in [6, 6.07) is 96.5. The van der Waals surface area contributed by atoms with Crippen molar-refractivity contribution in [2.24, 2.45) is 0 Å². The van der Waals surface area contributed by atoms with Crippen LogP contribution in [0.15, 0.2) is 279 Å². The van der Waals surface area contributed by atoms with Crippen LogP contribution in [0.1, 0.15) is 55.6 Å². The van der Waals surface area contributed by atoms with Crippen LogP contribution in [0.4, 0.5) is 0 Å². The van der Waals surface area contributed by atoms with Crippen molar-refractivity contribution in [1.82, 2.24) is 0 Å². The second-order valence-electron chi connectivity index (χ2n) is 24.0. The molecule has 0 radical (unpaired) electrons. The number of fused-ring (bicyclic) bond motifs is 4. The molecule has 0 aliphatic carbocycles. The van der Waals surface area contributed by atoms with E-state index < -0.39 is 0 Å². The van der Waals surface area contributed by atoms with E-state index in [0.717, 1.165) is 144 Å². The van der Waals surface area contributed by atoms with E-state index >= 15 is 0 Å². The van der Waals surface area contributed by atoms with Crippen molar-refractivity contribution in [2.45, 2.75) is 52.9 Å². The Labute approximate surface area is 546 Å². The van der Waals surface area contributed by atoms with Gasteiger partial charge in [-0.15, -0.1) is 0 Å². The van der Waals surface area contributed by atoms with Gasteiger partial charge in [-0.3, -0.25) is 0 Å². The van der Waals surface area contributed by atoms with Crippen LogP contribution in [0.2, 0.25) is 0 Å². The third kappa shape index (κ3) is 12.4. The third-order valence-corrected chi connectivity index (χ3v) is 17.6. The molecular weight excluding hydrogens is 1160 g/mol. The third-order valence-electron chi connectivity index (χ3n) is 17.6. The first kappa shape index (κ1) is 57.4. The van der Waals surface area contributed by atoms with Crippen LogP contribution in [0, 0.1) is 0 Å². The Balaban J connectivity index is 0.684. The van der Waals surface area contributed by atoms with Gasteiger partial charge < -0.3 is 37.9 Å². The predicted molar refractivity (Wildman–Crippen MR) is 376 cm³/mol. The molecule has 8 heterocycles. The smallest absolute Gasteiger partial charge is 0.128 e. The molecule has 8 nitrogen and oxygen atoms in total. The highest BCUT2D eigenvalue weighted by molar-refractivity contribution is 6.11. The minimum atomic E-state index is 0.347. The molecule has 8 heteroatoms. The minimum absolute atomic E-state index is 0.347. The highest BCUT2D eigenvalue weighted by Crippen LogP contribution is 2.48. The monoisotopic (exact) mass is 1220 g/mol. The average molecular weight is 1230 g/mol. The van der Waals surface area contributed by atoms with Gasteiger partial charge in [0, 0.05) is 34.4 Å². The Morgan fingerprint density at radius 3 is 0.617 bits per heavy atom. The summed E-state index contributed by atoms with van der Waals surface area (Å²) in [4.78, 5) is 0. The van der Waals surface area contributed by atoms with Crippen molar-refractivity contribution in [3.05, 3.63) is 335 Å². The maximum atomic E-state index is 6.83. The van der Waals surface area contributed by atoms with Crippen LogP contribution >= 0.6 is 0 Å². The van der Waals surface area contributed by atoms with Crippen LogP contribution in [0.25, 0.3) is 77.5 Å². The topological polar surface area (TPSA) is 73.8 Å². The first-order chi connectivity index (χ1) is 46.5. The molecule has 94 heavy (non-hydrogen) atoms. The normalized spacial score (nSPS) is 13.4. The zero-order valence-electron chi connectivity index (χ0n) is 51.6. The maximum absolute atomic E-state index is 6.83. The number of hydrogen-bond acceptors (Lipinski definition) is 8. The van der Waals surface area contributed by atoms with E-state index in [2.05, 4.69) is 255 Å². The molecule has 14 aromatic rings. The molecule has 22 rings (SSSR count). The Hall–Kier alpha value is -11.7. The summed E-state index contributed by atoms with van der Waals surface area (Å²) >= 11 is 0. The van der Waals surface area contributed by atoms with Gasteiger partial charge in [0.05, 0.1) is 0 Å². The SMILES string of the molecule is C(=C\c1cc2cc(c1)OCc1ccc(cc1)COc1ccc3ccccc3c1-c1c(ccc3ccccc13)OCc1ccc(cc1)CO2)/c1cc2cc(c1)OCc1ccc(cc1)COc1ccc3ccccc3c1-c1c(ccc3ccccc13)OCc1ccc(cc1)CO2. The summed E-state index contributed by atoms with van der Waals surface area (Å²) in [5.74, 6) is 5.83. The molecule has 14 aromatic carbocycles. The molecule has 0 amide bonds. The standard InChI is InChI=1S/C86H64O8/c1-5-13-75-67(9-1)35-39-79-83(75)84-76-14-6-2-10-68(76)36-40-80(84)92-54-62-27-19-58(20-28-62)50-88-72-44-65(43-71(47-72)87-49-57-17-25-61(26-18-57)53-91-79)33-34-66-45-73-48-74(46-66)90-52-60-23-31-64(32-24-60)56-94-82-42-38-70-12-4-8-16-78(70)86(82)85-77-15-7-3-11-69(77)37-41-81(85)93-55-63-29-21-59(22-30-63)51-89-73/h1-48H,49-56H2/b34-33+. The summed E-state index contributed by atoms with van der Waals surface area (Å²) in [7, 11) is 0. The number of hydrogen-bond donors (Lipinski definition) is 0. The van der Waals surface area contributed by atoms with Gasteiger partial charge >= 0.3 is 0 Å². The Bertz CT molecular complexity index is 4500. The fourth-order valence-electron chi connectivity index (χ4n) is 12.7. The quantitative estimate of drug-likeness (QED) is 0.159. The molecule has 0 saturated heterocycles. The van der Waals surface area contributed by atoms with Crippen LogP contribution in [0.3, 0.4) is 0 Å². The number of ether oxygens (including phenoxy) is 8. The molecule has 0 atom stereocenters. The lowest BCUT2D eigenvalue weighted by Gasteiger charge is -2.20. The van der Waals surface area contributed by atoms with Crippen LogP contribution in [0.5, 0.6) is 46.0 Å². The molecule has 12 bridgehead atoms. The van der Waals surface area contributed by atoms with Gasteiger partial charge in [0.2, 0.25) is 0 Å². The van der Waals surface area contributed by atoms with E-state index in [0.29, 0.717) is 75.9 Å². The van der Waals surface area contributed by atoms with E-state index in [-0.39, 0.29) is 0 Å². The molecule has 0 N–H and O–H groups in total. The first-order valence-corrected chi connectivity index (χ1v) is 31.9. The molecule has 0 spiro atoms. The number of rotatable bonds is 2. The summed E-state index contributed by atoms with van der Waals surface area (Å²) in [5, 5.41) is 8.86. The van der Waals surface area contributed by atoms with E-state index in [4.69, 9.17) is 37.9 Å². The summed E-state index contributed by atoms with van der Waals surface area (Å²) in [5.41, 5.74) is 14.0. The second-order valence-corrected chi connectivity index (χ2v) is 24.0. The minimum Gasteiger partial charge on any atom is -0.489 e. The molecule has 8 aliphatic heterocycles. The molecule has 0 saturated carbocycles. The molecular formula is C86H64O8. The Kier molecular flexibility index (Phi) is 15.8. The van der Waals surface area contributed by atoms with Crippen molar-refractivity contribution >= 4 is 55.2 Å². The molecule has 8 aliphatic rings. The van der Waals surface area contributed by atoms with Gasteiger partial charge in [-0.1, -0.05) is 231 Å². The fourth-order valence-corrected chi connectivity index (χ4v) is 12.7. The van der Waals surface area contributed by atoms with Gasteiger partial charge in [0.1, 0.15) is 98.9 Å². The maximum Gasteiger partial charge on any atom is 0.128 e. The van der Waals surface area contributed by atoms with Crippen LogP contribution < -0.4 is 37.9 Å². The fraction of sp³-hybridized carbons (Fsp3) is 0.0930. The Morgan fingerprint density at radius 2 is 0.394 bits per heavy atom. The van der Waals surface area contributed by atoms with E-state index in [9.17, 15) is 0 Å². The lowest BCUT2D eigenvalue weighted by molar-refractivity contribution is 0.289. The van der Waals surface area contributed by atoms with Gasteiger partial charge in [0.15, 0.2) is 0 Å². The summed E-state index contributed by atoms with van der Waals surface area (Å²) < 4.78 is 53.7. The summed E-state index contributed by atoms with van der Waals surface area (Å²) in [6.45, 7) is 2.87. The zero-order chi connectivity index (χ0) is 62.6. The zero-order valence-corrected chi connectivity index (χ0v) is 51.6. The van der Waals surface area contributed by atoms with Gasteiger partial charge in [0.25, 0.3) is 0 Å². The lowest BCUT2D eigenvalue weighted by atomic mass is 9.92. The highest BCUT2D eigenvalue weighted by atomic mass is 16.5. The van der Waals surface area contributed by atoms with Crippen LogP contribution in [-0.2, 0) is 52.9 Å². The Morgan fingerprint density at radius 1 is 0.191 bits per heavy atom. The molecule has 0 fully saturated rings. The molecule has 456 valence electrons. The molecule has 0 unspecified atom stereocenters. The van der Waals surface area contributed by atoms with E-state index in [1.54, 1.807) is 0 Å². The van der Waals surface area contributed by atoms with Crippen molar-refractivity contribution in [3.63, 3.8) is 0 Å². The van der Waals surface area contributed by atoms with Crippen molar-refractivity contribution in [1.29, 1.82) is 0 Å². The van der Waals surface area contributed by atoms with Crippen molar-refractivity contribution < 1.29 is 37.9 Å². The number of benzene rings is 14. The van der Waals surface area contributed by atoms with Crippen LogP contribution in [-0.4, -0.2) is 0 Å². The van der Waals surface area contributed by atoms with E-state index in [1.807, 2.05) is 36.4 Å². The largest absolute Gasteiger partial charge is 0.489 e. The molecule has 0 aromatic heterocycles. The first-order valence-electron chi connectivity index (χ1n) is 31.9. The lowest BCUT2D eigenvalue weighted by Crippen LogP contribution is -2.01.